The second-order valence-corrected chi connectivity index (χ2v) is 4.38. The maximum atomic E-state index is 5.10. The van der Waals surface area contributed by atoms with E-state index in [-0.39, 0.29) is 0 Å². The maximum Gasteiger partial charge on any atom is 0.139 e. The predicted molar refractivity (Wildman–Crippen MR) is 71.3 cm³/mol. The third kappa shape index (κ3) is 2.14. The second kappa shape index (κ2) is 4.75. The summed E-state index contributed by atoms with van der Waals surface area (Å²) in [5.41, 5.74) is 4.07. The van der Waals surface area contributed by atoms with Crippen molar-refractivity contribution >= 4 is 24.2 Å². The molecule has 84 valence electrons. The number of methoxy groups -OCH3 is 1. The first-order chi connectivity index (χ1) is 7.72. The number of rotatable bonds is 4. The minimum atomic E-state index is 0.836. The summed E-state index contributed by atoms with van der Waals surface area (Å²) >= 11 is 0. The maximum absolute atomic E-state index is 5.10. The zero-order chi connectivity index (χ0) is 11.5. The molecule has 3 heteroatoms. The van der Waals surface area contributed by atoms with Crippen molar-refractivity contribution in [3.63, 3.8) is 0 Å². The Balaban J connectivity index is 2.33. The molecule has 0 amide bonds. The van der Waals surface area contributed by atoms with Crippen LogP contribution in [-0.2, 0) is 18.2 Å². The molecule has 1 heterocycles. The largest absolute Gasteiger partial charge is 0.385 e. The lowest BCUT2D eigenvalue weighted by molar-refractivity contribution is 0.195. The number of fused-ring (bicyclic) bond motifs is 1. The van der Waals surface area contributed by atoms with E-state index in [1.807, 2.05) is 0 Å². The molecule has 0 aliphatic heterocycles. The van der Waals surface area contributed by atoms with Gasteiger partial charge >= 0.3 is 0 Å². The molecule has 2 nitrogen and oxygen atoms in total. The highest BCUT2D eigenvalue weighted by Crippen LogP contribution is 2.20. The lowest BCUT2D eigenvalue weighted by Gasteiger charge is -2.00. The Kier molecular flexibility index (Phi) is 3.35. The Bertz CT molecular complexity index is 490. The topological polar surface area (TPSA) is 14.2 Å². The van der Waals surface area contributed by atoms with Gasteiger partial charge in [-0.3, -0.25) is 0 Å². The molecule has 0 radical (unpaired) electrons. The minimum absolute atomic E-state index is 0.836. The standard InChI is InChI=1S/C13H18BNO/c1-15-9-10(4-3-7-16-2)12-8-11(14)5-6-13(12)15/h5-6,8-9H,3-4,7,14H2,1-2H3. The van der Waals surface area contributed by atoms with Crippen molar-refractivity contribution in [3.05, 3.63) is 30.0 Å². The summed E-state index contributed by atoms with van der Waals surface area (Å²) in [7, 11) is 6.01. The van der Waals surface area contributed by atoms with Crippen molar-refractivity contribution in [3.8, 4) is 0 Å². The summed E-state index contributed by atoms with van der Waals surface area (Å²) in [6.45, 7) is 0.836. The molecule has 0 bridgehead atoms. The van der Waals surface area contributed by atoms with E-state index < -0.39 is 0 Å². The predicted octanol–water partition coefficient (Wildman–Crippen LogP) is 1.02. The van der Waals surface area contributed by atoms with Crippen molar-refractivity contribution in [2.45, 2.75) is 12.8 Å². The van der Waals surface area contributed by atoms with Crippen LogP contribution in [0.25, 0.3) is 10.9 Å². The number of hydrogen-bond donors (Lipinski definition) is 0. The molecule has 0 atom stereocenters. The van der Waals surface area contributed by atoms with Crippen LogP contribution in [0.5, 0.6) is 0 Å². The van der Waals surface area contributed by atoms with Crippen molar-refractivity contribution in [1.29, 1.82) is 0 Å². The highest BCUT2D eigenvalue weighted by atomic mass is 16.5. The lowest BCUT2D eigenvalue weighted by Crippen LogP contribution is -2.00. The van der Waals surface area contributed by atoms with Gasteiger partial charge in [0.15, 0.2) is 0 Å². The molecular weight excluding hydrogens is 197 g/mol. The van der Waals surface area contributed by atoms with E-state index >= 15 is 0 Å². The van der Waals surface area contributed by atoms with Gasteiger partial charge < -0.3 is 9.30 Å². The molecule has 2 aromatic rings. The van der Waals surface area contributed by atoms with E-state index in [9.17, 15) is 0 Å². The van der Waals surface area contributed by atoms with Crippen LogP contribution < -0.4 is 5.46 Å². The van der Waals surface area contributed by atoms with Crippen LogP contribution in [0.2, 0.25) is 0 Å². The van der Waals surface area contributed by atoms with Gasteiger partial charge in [-0.1, -0.05) is 17.6 Å². The number of benzene rings is 1. The average Bonchev–Trinajstić information content (AvgIpc) is 2.56. The van der Waals surface area contributed by atoms with Crippen LogP contribution in [-0.4, -0.2) is 26.1 Å². The van der Waals surface area contributed by atoms with Gasteiger partial charge in [0.2, 0.25) is 0 Å². The zero-order valence-electron chi connectivity index (χ0n) is 10.3. The first-order valence-corrected chi connectivity index (χ1v) is 5.76. The van der Waals surface area contributed by atoms with Crippen LogP contribution in [0.1, 0.15) is 12.0 Å². The Morgan fingerprint density at radius 1 is 1.38 bits per heavy atom. The van der Waals surface area contributed by atoms with Gasteiger partial charge in [0.1, 0.15) is 7.85 Å². The van der Waals surface area contributed by atoms with Crippen molar-refractivity contribution in [2.24, 2.45) is 7.05 Å². The summed E-state index contributed by atoms with van der Waals surface area (Å²) in [6, 6.07) is 6.64. The lowest BCUT2D eigenvalue weighted by atomic mass is 9.94. The quantitative estimate of drug-likeness (QED) is 0.548. The monoisotopic (exact) mass is 215 g/mol. The summed E-state index contributed by atoms with van der Waals surface area (Å²) in [5.74, 6) is 0. The fourth-order valence-electron chi connectivity index (χ4n) is 2.19. The molecule has 0 saturated heterocycles. The Morgan fingerprint density at radius 2 is 2.19 bits per heavy atom. The van der Waals surface area contributed by atoms with E-state index in [4.69, 9.17) is 4.74 Å². The van der Waals surface area contributed by atoms with Crippen LogP contribution >= 0.6 is 0 Å². The van der Waals surface area contributed by atoms with Gasteiger partial charge in [0.05, 0.1) is 0 Å². The van der Waals surface area contributed by atoms with Crippen molar-refractivity contribution in [2.75, 3.05) is 13.7 Å². The number of hydrogen-bond acceptors (Lipinski definition) is 1. The molecule has 0 saturated carbocycles. The van der Waals surface area contributed by atoms with Crippen LogP contribution in [0.4, 0.5) is 0 Å². The molecule has 0 N–H and O–H groups in total. The van der Waals surface area contributed by atoms with Gasteiger partial charge in [0, 0.05) is 37.9 Å². The molecule has 0 spiro atoms. The van der Waals surface area contributed by atoms with Crippen molar-refractivity contribution in [1.82, 2.24) is 4.57 Å². The summed E-state index contributed by atoms with van der Waals surface area (Å²) in [5, 5.41) is 1.39. The first kappa shape index (κ1) is 11.3. The van der Waals surface area contributed by atoms with Crippen LogP contribution in [0.3, 0.4) is 0 Å². The van der Waals surface area contributed by atoms with Gasteiger partial charge in [-0.25, -0.2) is 0 Å². The number of ether oxygens (including phenoxy) is 1. The normalized spacial score (nSPS) is 11.1. The third-order valence-corrected chi connectivity index (χ3v) is 3.02. The first-order valence-electron chi connectivity index (χ1n) is 5.76. The highest BCUT2D eigenvalue weighted by Gasteiger charge is 2.05. The summed E-state index contributed by atoms with van der Waals surface area (Å²) < 4.78 is 7.30. The Hall–Kier alpha value is -1.22. The Labute approximate surface area is 97.6 Å². The van der Waals surface area contributed by atoms with Gasteiger partial charge in [0.25, 0.3) is 0 Å². The molecule has 0 aliphatic rings. The molecule has 2 rings (SSSR count). The van der Waals surface area contributed by atoms with Crippen LogP contribution in [0, 0.1) is 0 Å². The summed E-state index contributed by atoms with van der Waals surface area (Å²) in [6.07, 6.45) is 4.41. The van der Waals surface area contributed by atoms with Crippen LogP contribution in [0.15, 0.2) is 24.4 Å². The highest BCUT2D eigenvalue weighted by molar-refractivity contribution is 6.33. The van der Waals surface area contributed by atoms with Gasteiger partial charge in [-0.15, -0.1) is 0 Å². The molecule has 16 heavy (non-hydrogen) atoms. The summed E-state index contributed by atoms with van der Waals surface area (Å²) in [4.78, 5) is 0. The van der Waals surface area contributed by atoms with E-state index in [1.54, 1.807) is 7.11 Å². The fraction of sp³-hybridized carbons (Fsp3) is 0.385. The molecule has 0 fully saturated rings. The van der Waals surface area contributed by atoms with E-state index in [0.717, 1.165) is 19.4 Å². The Morgan fingerprint density at radius 3 is 2.94 bits per heavy atom. The zero-order valence-corrected chi connectivity index (χ0v) is 10.3. The number of aryl methyl sites for hydroxylation is 2. The van der Waals surface area contributed by atoms with Gasteiger partial charge in [-0.05, 0) is 24.5 Å². The van der Waals surface area contributed by atoms with E-state index in [1.165, 1.54) is 21.9 Å². The molecule has 1 aromatic heterocycles. The molecule has 0 aliphatic carbocycles. The SMILES string of the molecule is Bc1ccc2c(c1)c(CCCOC)cn2C. The molecular formula is C13H18BNO. The average molecular weight is 215 g/mol. The van der Waals surface area contributed by atoms with E-state index in [0.29, 0.717) is 0 Å². The third-order valence-electron chi connectivity index (χ3n) is 3.02. The second-order valence-electron chi connectivity index (χ2n) is 4.38. The fourth-order valence-corrected chi connectivity index (χ4v) is 2.19. The van der Waals surface area contributed by atoms with Gasteiger partial charge in [-0.2, -0.15) is 0 Å². The molecule has 1 aromatic carbocycles. The number of nitrogens with zero attached hydrogens (tertiary/aromatic N) is 1. The van der Waals surface area contributed by atoms with Crippen molar-refractivity contribution < 1.29 is 4.74 Å². The van der Waals surface area contributed by atoms with E-state index in [2.05, 4.69) is 43.9 Å². The molecule has 0 unspecified atom stereocenters. The minimum Gasteiger partial charge on any atom is -0.385 e. The number of aromatic nitrogens is 1. The smallest absolute Gasteiger partial charge is 0.139 e.